The third-order valence-electron chi connectivity index (χ3n) is 4.19. The van der Waals surface area contributed by atoms with Crippen LogP contribution in [0.4, 0.5) is 5.69 Å². The number of aliphatic carboxylic acids is 1. The molecular formula is C18H11BrCl2N2O3S2. The van der Waals surface area contributed by atoms with Crippen LogP contribution >= 0.6 is 62.2 Å². The van der Waals surface area contributed by atoms with Crippen molar-refractivity contribution in [2.24, 2.45) is 0 Å². The van der Waals surface area contributed by atoms with E-state index >= 15 is 0 Å². The van der Waals surface area contributed by atoms with Gasteiger partial charge in [-0.05, 0) is 40.2 Å². The number of amides is 1. The van der Waals surface area contributed by atoms with E-state index in [2.05, 4.69) is 20.9 Å². The molecule has 2 heterocycles. The minimum Gasteiger partial charge on any atom is -0.481 e. The molecule has 0 saturated heterocycles. The predicted molar refractivity (Wildman–Crippen MR) is 117 cm³/mol. The molecule has 0 fully saturated rings. The number of carboxylic acid groups (broad SMARTS) is 1. The van der Waals surface area contributed by atoms with Gasteiger partial charge in [0.2, 0.25) is 5.91 Å². The Kier molecular flexibility index (Phi) is 5.59. The van der Waals surface area contributed by atoms with Crippen LogP contribution in [0.3, 0.4) is 0 Å². The molecule has 5 nitrogen and oxygen atoms in total. The number of fused-ring (bicyclic) bond motifs is 2. The van der Waals surface area contributed by atoms with Crippen molar-refractivity contribution in [2.45, 2.75) is 23.1 Å². The molecule has 2 aromatic carbocycles. The standard InChI is InChI=1S/C18H11BrCl2N2O3S2/c19-8-2-1-3-10-17(8)28-12(6-14(24)25)18(26)23(10)7-13-22-16-11(27-13)5-4-9(20)15(16)21/h1-5,12H,6-7H2,(H,24,25). The lowest BCUT2D eigenvalue weighted by molar-refractivity contribution is -0.138. The molecule has 1 amide bonds. The van der Waals surface area contributed by atoms with Crippen LogP contribution in [0.25, 0.3) is 10.2 Å². The first-order valence-corrected chi connectivity index (χ1v) is 11.3. The molecule has 1 unspecified atom stereocenters. The van der Waals surface area contributed by atoms with Gasteiger partial charge in [-0.15, -0.1) is 23.1 Å². The van der Waals surface area contributed by atoms with Crippen molar-refractivity contribution in [1.82, 2.24) is 4.98 Å². The summed E-state index contributed by atoms with van der Waals surface area (Å²) in [5, 5.41) is 10.00. The second-order valence-electron chi connectivity index (χ2n) is 6.03. The van der Waals surface area contributed by atoms with Crippen LogP contribution in [-0.2, 0) is 16.1 Å². The molecule has 0 bridgehead atoms. The molecule has 1 aromatic heterocycles. The fourth-order valence-corrected chi connectivity index (χ4v) is 6.18. The molecule has 4 rings (SSSR count). The van der Waals surface area contributed by atoms with Gasteiger partial charge in [0, 0.05) is 9.37 Å². The van der Waals surface area contributed by atoms with Crippen LogP contribution in [0, 0.1) is 0 Å². The number of aromatic nitrogens is 1. The average Bonchev–Trinajstić information content (AvgIpc) is 3.06. The highest BCUT2D eigenvalue weighted by Gasteiger charge is 2.36. The highest BCUT2D eigenvalue weighted by atomic mass is 79.9. The number of anilines is 1. The third kappa shape index (κ3) is 3.64. The van der Waals surface area contributed by atoms with Crippen LogP contribution in [-0.4, -0.2) is 27.2 Å². The normalized spacial score (nSPS) is 16.5. The quantitative estimate of drug-likeness (QED) is 0.470. The average molecular weight is 518 g/mol. The molecular weight excluding hydrogens is 507 g/mol. The van der Waals surface area contributed by atoms with E-state index in [4.69, 9.17) is 23.2 Å². The summed E-state index contributed by atoms with van der Waals surface area (Å²) < 4.78 is 1.70. The Morgan fingerprint density at radius 2 is 2.07 bits per heavy atom. The van der Waals surface area contributed by atoms with Crippen LogP contribution in [0.15, 0.2) is 39.7 Å². The van der Waals surface area contributed by atoms with Crippen LogP contribution < -0.4 is 4.90 Å². The van der Waals surface area contributed by atoms with Gasteiger partial charge in [-0.1, -0.05) is 29.3 Å². The number of halogens is 3. The van der Waals surface area contributed by atoms with Crippen molar-refractivity contribution < 1.29 is 14.7 Å². The van der Waals surface area contributed by atoms with E-state index in [9.17, 15) is 14.7 Å². The second-order valence-corrected chi connectivity index (χ2v) is 10.0. The topological polar surface area (TPSA) is 70.5 Å². The number of nitrogens with zero attached hydrogens (tertiary/aromatic N) is 2. The van der Waals surface area contributed by atoms with E-state index in [1.165, 1.54) is 23.1 Å². The molecule has 1 aliphatic heterocycles. The lowest BCUT2D eigenvalue weighted by Gasteiger charge is -2.33. The van der Waals surface area contributed by atoms with Gasteiger partial charge in [-0.25, -0.2) is 4.98 Å². The molecule has 0 radical (unpaired) electrons. The summed E-state index contributed by atoms with van der Waals surface area (Å²) in [7, 11) is 0. The maximum atomic E-state index is 13.0. The smallest absolute Gasteiger partial charge is 0.305 e. The first kappa shape index (κ1) is 20.0. The number of benzene rings is 2. The van der Waals surface area contributed by atoms with Gasteiger partial charge < -0.3 is 10.0 Å². The molecule has 0 saturated carbocycles. The number of thiazole rings is 1. The highest BCUT2D eigenvalue weighted by Crippen LogP contribution is 2.45. The lowest BCUT2D eigenvalue weighted by atomic mass is 10.2. The van der Waals surface area contributed by atoms with Crippen molar-refractivity contribution >= 4 is 90.0 Å². The Bertz CT molecular complexity index is 1120. The number of hydrogen-bond acceptors (Lipinski definition) is 5. The molecule has 0 spiro atoms. The van der Waals surface area contributed by atoms with Crippen LogP contribution in [0.1, 0.15) is 11.4 Å². The van der Waals surface area contributed by atoms with E-state index in [-0.39, 0.29) is 18.9 Å². The predicted octanol–water partition coefficient (Wildman–Crippen LogP) is 5.85. The van der Waals surface area contributed by atoms with Crippen molar-refractivity contribution in [3.05, 3.63) is 49.9 Å². The summed E-state index contributed by atoms with van der Waals surface area (Å²) in [5.41, 5.74) is 1.33. The maximum Gasteiger partial charge on any atom is 0.305 e. The van der Waals surface area contributed by atoms with Gasteiger partial charge in [0.25, 0.3) is 0 Å². The number of hydrogen-bond donors (Lipinski definition) is 1. The van der Waals surface area contributed by atoms with E-state index in [1.807, 2.05) is 24.3 Å². The molecule has 1 atom stereocenters. The molecule has 10 heteroatoms. The Morgan fingerprint density at radius 3 is 2.82 bits per heavy atom. The lowest BCUT2D eigenvalue weighted by Crippen LogP contribution is -2.41. The first-order chi connectivity index (χ1) is 13.3. The largest absolute Gasteiger partial charge is 0.481 e. The second kappa shape index (κ2) is 7.84. The van der Waals surface area contributed by atoms with Crippen molar-refractivity contribution in [2.75, 3.05) is 4.90 Å². The molecule has 1 N–H and O–H groups in total. The van der Waals surface area contributed by atoms with Gasteiger partial charge in [0.1, 0.15) is 10.5 Å². The number of carbonyl (C=O) groups is 2. The van der Waals surface area contributed by atoms with E-state index in [0.717, 1.165) is 19.8 Å². The zero-order valence-electron chi connectivity index (χ0n) is 14.0. The molecule has 144 valence electrons. The van der Waals surface area contributed by atoms with Gasteiger partial charge >= 0.3 is 5.97 Å². The summed E-state index contributed by atoms with van der Waals surface area (Å²) in [6, 6.07) is 9.12. The summed E-state index contributed by atoms with van der Waals surface area (Å²) >= 11 is 18.5. The summed E-state index contributed by atoms with van der Waals surface area (Å²) in [5.74, 6) is -1.26. The van der Waals surface area contributed by atoms with Crippen molar-refractivity contribution in [3.63, 3.8) is 0 Å². The SMILES string of the molecule is O=C(O)CC1Sc2c(Br)cccc2N(Cc2nc3c(Cl)c(Cl)ccc3s2)C1=O. The minimum atomic E-state index is -1.01. The van der Waals surface area contributed by atoms with Crippen LogP contribution in [0.5, 0.6) is 0 Å². The fraction of sp³-hybridized carbons (Fsp3) is 0.167. The van der Waals surface area contributed by atoms with Gasteiger partial charge in [0.05, 0.1) is 38.6 Å². The third-order valence-corrected chi connectivity index (χ3v) is 8.23. The maximum absolute atomic E-state index is 13.0. The summed E-state index contributed by atoms with van der Waals surface area (Å²) in [6.07, 6.45) is -0.248. The molecule has 1 aliphatic rings. The highest BCUT2D eigenvalue weighted by molar-refractivity contribution is 9.10. The van der Waals surface area contributed by atoms with Gasteiger partial charge in [0.15, 0.2) is 0 Å². The number of carbonyl (C=O) groups excluding carboxylic acids is 1. The minimum absolute atomic E-state index is 0.228. The summed E-state index contributed by atoms with van der Waals surface area (Å²) in [6.45, 7) is 0.228. The van der Waals surface area contributed by atoms with E-state index < -0.39 is 11.2 Å². The Balaban J connectivity index is 1.75. The molecule has 3 aromatic rings. The fourth-order valence-electron chi connectivity index (χ4n) is 2.95. The zero-order chi connectivity index (χ0) is 20.0. The number of carboxylic acids is 1. The Morgan fingerprint density at radius 1 is 1.29 bits per heavy atom. The monoisotopic (exact) mass is 516 g/mol. The number of rotatable bonds is 4. The molecule has 0 aliphatic carbocycles. The zero-order valence-corrected chi connectivity index (χ0v) is 18.7. The Labute approximate surface area is 186 Å². The Hall–Kier alpha value is -1.32. The first-order valence-electron chi connectivity index (χ1n) is 8.07. The van der Waals surface area contributed by atoms with Crippen molar-refractivity contribution in [1.29, 1.82) is 0 Å². The molecule has 28 heavy (non-hydrogen) atoms. The van der Waals surface area contributed by atoms with E-state index in [0.29, 0.717) is 20.6 Å². The van der Waals surface area contributed by atoms with Crippen molar-refractivity contribution in [3.8, 4) is 0 Å². The van der Waals surface area contributed by atoms with E-state index in [1.54, 1.807) is 11.0 Å². The van der Waals surface area contributed by atoms with Crippen LogP contribution in [0.2, 0.25) is 10.0 Å². The van der Waals surface area contributed by atoms with Gasteiger partial charge in [-0.2, -0.15) is 0 Å². The van der Waals surface area contributed by atoms with Gasteiger partial charge in [-0.3, -0.25) is 9.59 Å². The number of thioether (sulfide) groups is 1. The summed E-state index contributed by atoms with van der Waals surface area (Å²) in [4.78, 5) is 31.3.